The Labute approximate surface area is 172 Å². The van der Waals surface area contributed by atoms with E-state index >= 15 is 0 Å². The number of fused-ring (bicyclic) bond motifs is 1. The number of hydrogen-bond acceptors (Lipinski definition) is 4. The molecule has 1 fully saturated rings. The van der Waals surface area contributed by atoms with Crippen molar-refractivity contribution >= 4 is 5.97 Å². The van der Waals surface area contributed by atoms with Crippen molar-refractivity contribution in [3.8, 4) is 0 Å². The maximum atomic E-state index is 10.6. The summed E-state index contributed by atoms with van der Waals surface area (Å²) in [6.45, 7) is 0. The van der Waals surface area contributed by atoms with Crippen LogP contribution in [0.3, 0.4) is 0 Å². The first-order valence-corrected chi connectivity index (χ1v) is 10.6. The Morgan fingerprint density at radius 1 is 1.10 bits per heavy atom. The second-order valence-electron chi connectivity index (χ2n) is 8.42. The first-order valence-electron chi connectivity index (χ1n) is 10.6. The number of aliphatic hydroxyl groups is 3. The van der Waals surface area contributed by atoms with E-state index in [4.69, 9.17) is 5.11 Å². The van der Waals surface area contributed by atoms with Crippen LogP contribution in [0.25, 0.3) is 0 Å². The summed E-state index contributed by atoms with van der Waals surface area (Å²) in [5, 5.41) is 40.0. The lowest BCUT2D eigenvalue weighted by Crippen LogP contribution is -2.22. The van der Waals surface area contributed by atoms with Crippen molar-refractivity contribution in [1.82, 2.24) is 0 Å². The molecule has 1 aromatic carbocycles. The first-order chi connectivity index (χ1) is 14.0. The van der Waals surface area contributed by atoms with Gasteiger partial charge in [0.1, 0.15) is 0 Å². The van der Waals surface area contributed by atoms with E-state index in [-0.39, 0.29) is 24.2 Å². The molecule has 1 unspecified atom stereocenters. The normalized spacial score (nSPS) is 28.4. The predicted octanol–water partition coefficient (Wildman–Crippen LogP) is 2.88. The van der Waals surface area contributed by atoms with Crippen LogP contribution in [0.5, 0.6) is 0 Å². The molecule has 1 aromatic rings. The SMILES string of the molecule is O=C(O)CCC/C=C\C[C@@H]1C(/C=C/[C@H](O)C2Cc3ccccc3C2)[C@H](O)C[C@@H]1O. The molecular weight excluding hydrogens is 368 g/mol. The van der Waals surface area contributed by atoms with Crippen LogP contribution < -0.4 is 0 Å². The van der Waals surface area contributed by atoms with Gasteiger partial charge in [0.15, 0.2) is 0 Å². The first kappa shape index (κ1) is 21.8. The van der Waals surface area contributed by atoms with Crippen molar-refractivity contribution in [2.75, 3.05) is 0 Å². The summed E-state index contributed by atoms with van der Waals surface area (Å²) >= 11 is 0. The molecule has 29 heavy (non-hydrogen) atoms. The Morgan fingerprint density at radius 3 is 2.45 bits per heavy atom. The fourth-order valence-electron chi connectivity index (χ4n) is 4.68. The summed E-state index contributed by atoms with van der Waals surface area (Å²) < 4.78 is 0. The number of aliphatic hydroxyl groups excluding tert-OH is 3. The number of benzene rings is 1. The standard InChI is InChI=1S/C24H32O5/c25-21(18-13-16-7-5-6-8-17(16)14-18)12-11-20-19(22(26)15-23(20)27)9-3-1-2-4-10-24(28)29/h1,3,5-8,11-12,18-23,25-27H,2,4,9-10,13-15H2,(H,28,29)/b3-1-,12-11+/t19-,20?,21+,22+,23-/m1/s1. The maximum Gasteiger partial charge on any atom is 0.303 e. The third-order valence-electron chi connectivity index (χ3n) is 6.35. The lowest BCUT2D eigenvalue weighted by Gasteiger charge is -2.20. The zero-order chi connectivity index (χ0) is 20.8. The van der Waals surface area contributed by atoms with Crippen LogP contribution in [0.15, 0.2) is 48.6 Å². The van der Waals surface area contributed by atoms with Crippen LogP contribution in [-0.2, 0) is 17.6 Å². The number of carboxylic acids is 1. The smallest absolute Gasteiger partial charge is 0.303 e. The molecule has 2 aliphatic carbocycles. The average Bonchev–Trinajstić information content (AvgIpc) is 3.23. The molecule has 5 nitrogen and oxygen atoms in total. The van der Waals surface area contributed by atoms with E-state index in [2.05, 4.69) is 12.1 Å². The second-order valence-corrected chi connectivity index (χ2v) is 8.42. The molecule has 4 N–H and O–H groups in total. The van der Waals surface area contributed by atoms with Gasteiger partial charge in [-0.3, -0.25) is 4.79 Å². The Bertz CT molecular complexity index is 716. The summed E-state index contributed by atoms with van der Waals surface area (Å²) in [5.74, 6) is -0.918. The van der Waals surface area contributed by atoms with E-state index in [0.717, 1.165) is 12.8 Å². The minimum atomic E-state index is -0.790. The minimum Gasteiger partial charge on any atom is -0.481 e. The number of carboxylic acid groups (broad SMARTS) is 1. The zero-order valence-electron chi connectivity index (χ0n) is 16.7. The monoisotopic (exact) mass is 400 g/mol. The van der Waals surface area contributed by atoms with Crippen LogP contribution in [0.2, 0.25) is 0 Å². The highest BCUT2D eigenvalue weighted by molar-refractivity contribution is 5.66. The molecule has 0 aromatic heterocycles. The highest BCUT2D eigenvalue weighted by atomic mass is 16.4. The number of carbonyl (C=O) groups is 1. The Balaban J connectivity index is 1.53. The van der Waals surface area contributed by atoms with Crippen LogP contribution in [0.1, 0.15) is 43.2 Å². The number of hydrogen-bond donors (Lipinski definition) is 4. The van der Waals surface area contributed by atoms with Crippen molar-refractivity contribution in [2.24, 2.45) is 17.8 Å². The predicted molar refractivity (Wildman–Crippen MR) is 111 cm³/mol. The lowest BCUT2D eigenvalue weighted by molar-refractivity contribution is -0.137. The van der Waals surface area contributed by atoms with Gasteiger partial charge in [-0.1, -0.05) is 48.6 Å². The van der Waals surface area contributed by atoms with Gasteiger partial charge >= 0.3 is 5.97 Å². The largest absolute Gasteiger partial charge is 0.481 e. The molecule has 1 saturated carbocycles. The maximum absolute atomic E-state index is 10.6. The van der Waals surface area contributed by atoms with Gasteiger partial charge in [-0.05, 0) is 55.1 Å². The topological polar surface area (TPSA) is 98.0 Å². The van der Waals surface area contributed by atoms with Crippen molar-refractivity contribution < 1.29 is 25.2 Å². The van der Waals surface area contributed by atoms with Crippen LogP contribution in [-0.4, -0.2) is 44.7 Å². The van der Waals surface area contributed by atoms with Crippen LogP contribution in [0.4, 0.5) is 0 Å². The summed E-state index contributed by atoms with van der Waals surface area (Å²) in [7, 11) is 0. The fourth-order valence-corrected chi connectivity index (χ4v) is 4.68. The van der Waals surface area contributed by atoms with Gasteiger partial charge in [0, 0.05) is 18.8 Å². The molecule has 0 spiro atoms. The molecule has 158 valence electrons. The number of rotatable bonds is 9. The number of allylic oxidation sites excluding steroid dienone is 2. The summed E-state index contributed by atoms with van der Waals surface area (Å²) in [4.78, 5) is 10.5. The number of aliphatic carboxylic acids is 1. The molecule has 5 heteroatoms. The fraction of sp³-hybridized carbons (Fsp3) is 0.542. The van der Waals surface area contributed by atoms with Gasteiger partial charge in [-0.15, -0.1) is 0 Å². The van der Waals surface area contributed by atoms with E-state index in [1.165, 1.54) is 11.1 Å². The number of unbranched alkanes of at least 4 members (excludes halogenated alkanes) is 1. The molecule has 5 atom stereocenters. The Hall–Kier alpha value is -1.95. The van der Waals surface area contributed by atoms with Crippen molar-refractivity contribution in [1.29, 1.82) is 0 Å². The van der Waals surface area contributed by atoms with Gasteiger partial charge in [-0.2, -0.15) is 0 Å². The minimum absolute atomic E-state index is 0.0926. The molecule has 0 saturated heterocycles. The van der Waals surface area contributed by atoms with Crippen molar-refractivity contribution in [3.05, 3.63) is 59.7 Å². The van der Waals surface area contributed by atoms with E-state index in [1.807, 2.05) is 30.4 Å². The lowest BCUT2D eigenvalue weighted by atomic mass is 9.88. The molecule has 3 rings (SSSR count). The van der Waals surface area contributed by atoms with Crippen molar-refractivity contribution in [2.45, 2.75) is 63.3 Å². The Morgan fingerprint density at radius 2 is 1.79 bits per heavy atom. The summed E-state index contributed by atoms with van der Waals surface area (Å²) in [6.07, 6.45) is 10.00. The van der Waals surface area contributed by atoms with Gasteiger partial charge in [0.25, 0.3) is 0 Å². The van der Waals surface area contributed by atoms with Gasteiger partial charge in [0.2, 0.25) is 0 Å². The van der Waals surface area contributed by atoms with E-state index in [9.17, 15) is 20.1 Å². The Kier molecular flexibility index (Phi) is 7.64. The zero-order valence-corrected chi connectivity index (χ0v) is 16.7. The molecule has 0 heterocycles. The molecule has 0 amide bonds. The average molecular weight is 401 g/mol. The van der Waals surface area contributed by atoms with E-state index in [0.29, 0.717) is 25.7 Å². The van der Waals surface area contributed by atoms with Gasteiger partial charge < -0.3 is 20.4 Å². The summed E-state index contributed by atoms with van der Waals surface area (Å²) in [6, 6.07) is 8.28. The van der Waals surface area contributed by atoms with E-state index < -0.39 is 24.3 Å². The van der Waals surface area contributed by atoms with Crippen molar-refractivity contribution in [3.63, 3.8) is 0 Å². The second kappa shape index (κ2) is 10.2. The van der Waals surface area contributed by atoms with Gasteiger partial charge in [-0.25, -0.2) is 0 Å². The third-order valence-corrected chi connectivity index (χ3v) is 6.35. The highest BCUT2D eigenvalue weighted by Gasteiger charge is 2.39. The molecule has 2 aliphatic rings. The molecule has 0 bridgehead atoms. The van der Waals surface area contributed by atoms with Crippen LogP contribution in [0, 0.1) is 17.8 Å². The molecule has 0 aliphatic heterocycles. The highest BCUT2D eigenvalue weighted by Crippen LogP contribution is 2.37. The van der Waals surface area contributed by atoms with Gasteiger partial charge in [0.05, 0.1) is 18.3 Å². The molecular formula is C24H32O5. The third kappa shape index (κ3) is 5.78. The summed E-state index contributed by atoms with van der Waals surface area (Å²) in [5.41, 5.74) is 2.60. The quantitative estimate of drug-likeness (QED) is 0.377. The van der Waals surface area contributed by atoms with E-state index in [1.54, 1.807) is 6.08 Å². The van der Waals surface area contributed by atoms with Crippen LogP contribution >= 0.6 is 0 Å². The molecule has 0 radical (unpaired) electrons.